The first kappa shape index (κ1) is 39.6. The van der Waals surface area contributed by atoms with E-state index in [2.05, 4.69) is 167 Å². The zero-order valence-electron chi connectivity index (χ0n) is 35.0. The van der Waals surface area contributed by atoms with E-state index in [9.17, 15) is 4.79 Å². The lowest BCUT2D eigenvalue weighted by Crippen LogP contribution is -2.28. The summed E-state index contributed by atoms with van der Waals surface area (Å²) in [5.41, 5.74) is 13.1. The average Bonchev–Trinajstić information content (AvgIpc) is 3.43. The summed E-state index contributed by atoms with van der Waals surface area (Å²) in [5, 5.41) is 0. The molecule has 4 heteroatoms. The maximum Gasteiger partial charge on any atom is 0.316 e. The van der Waals surface area contributed by atoms with Crippen molar-refractivity contribution < 1.29 is 14.3 Å². The van der Waals surface area contributed by atoms with E-state index in [1.807, 2.05) is 32.9 Å². The smallest absolute Gasteiger partial charge is 0.316 e. The van der Waals surface area contributed by atoms with Crippen LogP contribution in [0.4, 0.5) is 17.1 Å². The second-order valence-corrected chi connectivity index (χ2v) is 17.7. The number of aryl methyl sites for hydroxylation is 4. The number of nitrogens with zero attached hydrogens (tertiary/aromatic N) is 1. The Labute approximate surface area is 340 Å². The van der Waals surface area contributed by atoms with E-state index in [4.69, 9.17) is 9.47 Å². The fraction of sp³-hybridized carbons (Fsp3) is 0.302. The van der Waals surface area contributed by atoms with Crippen LogP contribution in [0.3, 0.4) is 0 Å². The molecule has 1 aliphatic carbocycles. The number of carbonyl (C=O) groups excluding carboxylic acids is 1. The minimum atomic E-state index is -0.497. The van der Waals surface area contributed by atoms with Crippen LogP contribution in [-0.4, -0.2) is 11.6 Å². The highest BCUT2D eigenvalue weighted by molar-refractivity contribution is 5.85. The molecular formula is C53H57NO3. The Balaban J connectivity index is 1.10. The van der Waals surface area contributed by atoms with Crippen LogP contribution >= 0.6 is 0 Å². The zero-order chi connectivity index (χ0) is 40.4. The van der Waals surface area contributed by atoms with E-state index < -0.39 is 5.41 Å². The molecule has 0 amide bonds. The summed E-state index contributed by atoms with van der Waals surface area (Å²) in [6.45, 7) is 16.8. The minimum absolute atomic E-state index is 0.0929. The summed E-state index contributed by atoms with van der Waals surface area (Å²) < 4.78 is 11.7. The van der Waals surface area contributed by atoms with Crippen LogP contribution in [0.25, 0.3) is 11.1 Å². The first-order chi connectivity index (χ1) is 27.2. The van der Waals surface area contributed by atoms with Crippen LogP contribution in [0.2, 0.25) is 0 Å². The maximum atomic E-state index is 12.5. The third-order valence-electron chi connectivity index (χ3n) is 11.5. The molecular weight excluding hydrogens is 699 g/mol. The maximum absolute atomic E-state index is 12.5. The van der Waals surface area contributed by atoms with Crippen molar-refractivity contribution in [3.63, 3.8) is 0 Å². The predicted molar refractivity (Wildman–Crippen MR) is 236 cm³/mol. The largest absolute Gasteiger partial charge is 0.488 e. The third-order valence-corrected chi connectivity index (χ3v) is 11.5. The second-order valence-electron chi connectivity index (χ2n) is 17.7. The third kappa shape index (κ3) is 9.02. The number of hydrogen-bond acceptors (Lipinski definition) is 4. The van der Waals surface area contributed by atoms with Crippen LogP contribution in [0.1, 0.15) is 95.2 Å². The van der Waals surface area contributed by atoms with Gasteiger partial charge < -0.3 is 14.4 Å². The predicted octanol–water partition coefficient (Wildman–Crippen LogP) is 13.6. The molecule has 0 N–H and O–H groups in total. The van der Waals surface area contributed by atoms with Crippen molar-refractivity contribution in [2.24, 2.45) is 5.41 Å². The molecule has 0 saturated carbocycles. The Morgan fingerprint density at radius 3 is 1.47 bits per heavy atom. The molecule has 57 heavy (non-hydrogen) atoms. The Kier molecular flexibility index (Phi) is 11.2. The second kappa shape index (κ2) is 16.1. The lowest BCUT2D eigenvalue weighted by molar-refractivity contribution is -0.144. The van der Waals surface area contributed by atoms with Gasteiger partial charge in [-0.25, -0.2) is 0 Å². The van der Waals surface area contributed by atoms with Gasteiger partial charge in [-0.2, -0.15) is 0 Å². The molecule has 0 unspecified atom stereocenters. The molecule has 0 radical (unpaired) electrons. The van der Waals surface area contributed by atoms with Crippen LogP contribution in [0.5, 0.6) is 11.5 Å². The fourth-order valence-corrected chi connectivity index (χ4v) is 7.67. The van der Waals surface area contributed by atoms with Gasteiger partial charge in [0.2, 0.25) is 0 Å². The monoisotopic (exact) mass is 755 g/mol. The van der Waals surface area contributed by atoms with Gasteiger partial charge in [0.25, 0.3) is 0 Å². The molecule has 292 valence electrons. The summed E-state index contributed by atoms with van der Waals surface area (Å²) in [6, 6.07) is 50.3. The van der Waals surface area contributed by atoms with E-state index in [1.165, 1.54) is 44.5 Å². The van der Waals surface area contributed by atoms with Gasteiger partial charge in [-0.3, -0.25) is 4.79 Å². The van der Waals surface area contributed by atoms with Gasteiger partial charge in [0, 0.05) is 22.5 Å². The minimum Gasteiger partial charge on any atom is -0.488 e. The molecule has 0 saturated heterocycles. The molecule has 6 aromatic carbocycles. The Bertz CT molecular complexity index is 2310. The summed E-state index contributed by atoms with van der Waals surface area (Å²) in [7, 11) is 0. The molecule has 0 bridgehead atoms. The van der Waals surface area contributed by atoms with Crippen LogP contribution in [0, 0.1) is 5.41 Å². The molecule has 0 aliphatic heterocycles. The van der Waals surface area contributed by atoms with Gasteiger partial charge in [0.15, 0.2) is 0 Å². The molecule has 1 aliphatic rings. The van der Waals surface area contributed by atoms with E-state index in [-0.39, 0.29) is 17.0 Å². The van der Waals surface area contributed by atoms with Crippen molar-refractivity contribution in [2.45, 2.75) is 98.5 Å². The van der Waals surface area contributed by atoms with Crippen molar-refractivity contribution in [2.75, 3.05) is 4.90 Å². The lowest BCUT2D eigenvalue weighted by Gasteiger charge is -2.28. The topological polar surface area (TPSA) is 38.8 Å². The van der Waals surface area contributed by atoms with E-state index in [1.54, 1.807) is 0 Å². The fourth-order valence-electron chi connectivity index (χ4n) is 7.67. The van der Waals surface area contributed by atoms with Gasteiger partial charge >= 0.3 is 5.97 Å². The highest BCUT2D eigenvalue weighted by atomic mass is 16.5. The quantitative estimate of drug-likeness (QED) is 0.0869. The highest BCUT2D eigenvalue weighted by Crippen LogP contribution is 2.50. The number of anilines is 3. The number of rotatable bonds is 13. The van der Waals surface area contributed by atoms with Crippen molar-refractivity contribution >= 4 is 23.0 Å². The molecule has 0 atom stereocenters. The molecule has 4 nitrogen and oxygen atoms in total. The highest BCUT2D eigenvalue weighted by Gasteiger charge is 2.35. The van der Waals surface area contributed by atoms with Gasteiger partial charge in [-0.15, -0.1) is 0 Å². The number of ether oxygens (including phenoxy) is 2. The van der Waals surface area contributed by atoms with Crippen molar-refractivity contribution in [1.29, 1.82) is 0 Å². The summed E-state index contributed by atoms with van der Waals surface area (Å²) in [6.07, 6.45) is 4.47. The van der Waals surface area contributed by atoms with E-state index in [0.717, 1.165) is 54.9 Å². The number of carbonyl (C=O) groups is 1. The Morgan fingerprint density at radius 1 is 0.544 bits per heavy atom. The molecule has 0 aromatic heterocycles. The number of hydrogen-bond donors (Lipinski definition) is 0. The molecule has 0 spiro atoms. The van der Waals surface area contributed by atoms with Crippen molar-refractivity contribution in [3.8, 4) is 22.6 Å². The van der Waals surface area contributed by atoms with Crippen molar-refractivity contribution in [1.82, 2.24) is 0 Å². The SMILES string of the molecule is CCC(C)(C)C(=O)Oc1ccc(CCc2ccc(N(c3ccc(CCc4ccc(OC(C)(C)C)cc4)cc3)c3ccc4c(c3)C(C)(C)c3ccccc3-4)cc2)cc1. The van der Waals surface area contributed by atoms with E-state index in [0.29, 0.717) is 5.75 Å². The standard InChI is InChI=1S/C53H57NO3/c1-9-52(5,6)50(55)56-44-31-22-39(23-32-44)16-14-37-18-26-41(27-19-37)54(43-30-35-47-46-12-10-11-13-48(46)53(7,8)49(47)36-43)42-28-20-38(21-29-42)15-17-40-24-33-45(34-25-40)57-51(2,3)4/h10-13,18-36H,9,14-17H2,1-8H3. The van der Waals surface area contributed by atoms with Crippen LogP contribution < -0.4 is 14.4 Å². The summed E-state index contributed by atoms with van der Waals surface area (Å²) >= 11 is 0. The normalized spacial score (nSPS) is 13.1. The van der Waals surface area contributed by atoms with Crippen LogP contribution in [-0.2, 0) is 35.9 Å². The molecule has 6 aromatic rings. The zero-order valence-corrected chi connectivity index (χ0v) is 35.0. The van der Waals surface area contributed by atoms with Gasteiger partial charge in [0.05, 0.1) is 5.41 Å². The van der Waals surface area contributed by atoms with Crippen molar-refractivity contribution in [3.05, 3.63) is 173 Å². The first-order valence-corrected chi connectivity index (χ1v) is 20.5. The summed E-state index contributed by atoms with van der Waals surface area (Å²) in [5.74, 6) is 1.31. The van der Waals surface area contributed by atoms with E-state index >= 15 is 0 Å². The molecule has 7 rings (SSSR count). The average molecular weight is 756 g/mol. The van der Waals surface area contributed by atoms with Gasteiger partial charge in [0.1, 0.15) is 17.1 Å². The lowest BCUT2D eigenvalue weighted by atomic mass is 9.82. The molecule has 0 heterocycles. The Morgan fingerprint density at radius 2 is 0.982 bits per heavy atom. The van der Waals surface area contributed by atoms with Gasteiger partial charge in [-0.1, -0.05) is 99.6 Å². The number of benzene rings is 6. The Hall–Kier alpha value is -5.61. The molecule has 0 fully saturated rings. The van der Waals surface area contributed by atoms with Gasteiger partial charge in [-0.05, 0) is 172 Å². The first-order valence-electron chi connectivity index (χ1n) is 20.5. The summed E-state index contributed by atoms with van der Waals surface area (Å²) in [4.78, 5) is 14.9. The van der Waals surface area contributed by atoms with Crippen LogP contribution in [0.15, 0.2) is 140 Å². The number of fused-ring (bicyclic) bond motifs is 3. The number of esters is 1.